The molecule has 0 saturated carbocycles. The lowest BCUT2D eigenvalue weighted by atomic mass is 10.1. The van der Waals surface area contributed by atoms with E-state index in [0.717, 1.165) is 37.7 Å². The summed E-state index contributed by atoms with van der Waals surface area (Å²) in [5.74, 6) is 2.03. The van der Waals surface area contributed by atoms with Crippen LogP contribution in [0.1, 0.15) is 58.7 Å². The van der Waals surface area contributed by atoms with Crippen LogP contribution < -0.4 is 10.1 Å². The van der Waals surface area contributed by atoms with Crippen LogP contribution in [0, 0.1) is 11.8 Å². The molecule has 0 bridgehead atoms. The number of ether oxygens (including phenoxy) is 1. The zero-order valence-corrected chi connectivity index (χ0v) is 14.4. The molecule has 0 saturated heterocycles. The van der Waals surface area contributed by atoms with Crippen molar-refractivity contribution in [1.29, 1.82) is 0 Å². The second-order valence-corrected chi connectivity index (χ2v) is 6.39. The summed E-state index contributed by atoms with van der Waals surface area (Å²) in [6.07, 6.45) is 3.35. The molecule has 0 fully saturated rings. The molecule has 1 rings (SSSR count). The molecule has 1 atom stereocenters. The Kier molecular flexibility index (Phi) is 8.36. The summed E-state index contributed by atoms with van der Waals surface area (Å²) >= 11 is 0. The number of aromatic nitrogens is 1. The molecular formula is C18H32N2O. The fourth-order valence-corrected chi connectivity index (χ4v) is 2.29. The van der Waals surface area contributed by atoms with Crippen molar-refractivity contribution in [3.8, 4) is 5.88 Å². The molecule has 1 aromatic heterocycles. The third-order valence-electron chi connectivity index (χ3n) is 3.46. The van der Waals surface area contributed by atoms with E-state index >= 15 is 0 Å². The fraction of sp³-hybridized carbons (Fsp3) is 0.722. The maximum atomic E-state index is 5.89. The van der Waals surface area contributed by atoms with Crippen molar-refractivity contribution in [2.24, 2.45) is 11.8 Å². The van der Waals surface area contributed by atoms with Gasteiger partial charge in [-0.05, 0) is 42.9 Å². The van der Waals surface area contributed by atoms with E-state index in [4.69, 9.17) is 4.74 Å². The first-order valence-electron chi connectivity index (χ1n) is 8.38. The third-order valence-corrected chi connectivity index (χ3v) is 3.46. The van der Waals surface area contributed by atoms with Crippen molar-refractivity contribution >= 4 is 0 Å². The van der Waals surface area contributed by atoms with Gasteiger partial charge in [-0.25, -0.2) is 4.98 Å². The molecule has 21 heavy (non-hydrogen) atoms. The predicted octanol–water partition coefficient (Wildman–Crippen LogP) is 4.20. The second kappa shape index (κ2) is 9.78. The molecule has 1 aromatic rings. The van der Waals surface area contributed by atoms with E-state index in [1.54, 1.807) is 0 Å². The van der Waals surface area contributed by atoms with Gasteiger partial charge in [0.1, 0.15) is 0 Å². The summed E-state index contributed by atoms with van der Waals surface area (Å²) < 4.78 is 5.89. The van der Waals surface area contributed by atoms with Crippen molar-refractivity contribution in [2.75, 3.05) is 13.2 Å². The van der Waals surface area contributed by atoms with Crippen molar-refractivity contribution in [3.63, 3.8) is 0 Å². The molecule has 3 nitrogen and oxygen atoms in total. The highest BCUT2D eigenvalue weighted by molar-refractivity contribution is 5.25. The number of hydrogen-bond donors (Lipinski definition) is 1. The van der Waals surface area contributed by atoms with E-state index < -0.39 is 0 Å². The van der Waals surface area contributed by atoms with Crippen LogP contribution >= 0.6 is 0 Å². The standard InChI is InChI=1S/C18H32N2O/c1-6-8-15(5)13-21-18-10-16(9-17(7-2)20-18)12-19-11-14(3)4/h9-10,14-15,19H,6-8,11-13H2,1-5H3. The van der Waals surface area contributed by atoms with Crippen LogP contribution in [-0.2, 0) is 13.0 Å². The number of rotatable bonds is 10. The third kappa shape index (κ3) is 7.47. The summed E-state index contributed by atoms with van der Waals surface area (Å²) in [5.41, 5.74) is 2.37. The lowest BCUT2D eigenvalue weighted by Gasteiger charge is -2.14. The van der Waals surface area contributed by atoms with E-state index in [1.807, 2.05) is 0 Å². The zero-order valence-electron chi connectivity index (χ0n) is 14.4. The van der Waals surface area contributed by atoms with E-state index in [-0.39, 0.29) is 0 Å². The Bertz CT molecular complexity index is 404. The highest BCUT2D eigenvalue weighted by Crippen LogP contribution is 2.15. The fourth-order valence-electron chi connectivity index (χ4n) is 2.29. The number of nitrogens with one attached hydrogen (secondary N) is 1. The molecular weight excluding hydrogens is 260 g/mol. The molecule has 3 heteroatoms. The Labute approximate surface area is 130 Å². The van der Waals surface area contributed by atoms with Crippen molar-refractivity contribution in [1.82, 2.24) is 10.3 Å². The molecule has 0 aliphatic rings. The van der Waals surface area contributed by atoms with Gasteiger partial charge in [-0.1, -0.05) is 41.0 Å². The number of hydrogen-bond acceptors (Lipinski definition) is 3. The van der Waals surface area contributed by atoms with Gasteiger partial charge in [0.05, 0.1) is 6.61 Å². The monoisotopic (exact) mass is 292 g/mol. The van der Waals surface area contributed by atoms with Crippen LogP contribution in [-0.4, -0.2) is 18.1 Å². The smallest absolute Gasteiger partial charge is 0.213 e. The van der Waals surface area contributed by atoms with Crippen molar-refractivity contribution in [2.45, 2.75) is 60.4 Å². The molecule has 0 radical (unpaired) electrons. The van der Waals surface area contributed by atoms with Gasteiger partial charge in [-0.3, -0.25) is 0 Å². The van der Waals surface area contributed by atoms with Gasteiger partial charge in [0, 0.05) is 18.3 Å². The van der Waals surface area contributed by atoms with Crippen LogP contribution in [0.4, 0.5) is 0 Å². The molecule has 0 aromatic carbocycles. The first-order valence-corrected chi connectivity index (χ1v) is 8.38. The SMILES string of the molecule is CCCC(C)COc1cc(CNCC(C)C)cc(CC)n1. The normalized spacial score (nSPS) is 12.7. The highest BCUT2D eigenvalue weighted by Gasteiger charge is 2.06. The summed E-state index contributed by atoms with van der Waals surface area (Å²) in [4.78, 5) is 4.58. The van der Waals surface area contributed by atoms with Crippen molar-refractivity contribution in [3.05, 3.63) is 23.4 Å². The Morgan fingerprint density at radius 2 is 1.95 bits per heavy atom. The van der Waals surface area contributed by atoms with Gasteiger partial charge in [0.2, 0.25) is 5.88 Å². The summed E-state index contributed by atoms with van der Waals surface area (Å²) in [6, 6.07) is 4.25. The molecule has 0 aliphatic heterocycles. The van der Waals surface area contributed by atoms with Crippen LogP contribution in [0.2, 0.25) is 0 Å². The lowest BCUT2D eigenvalue weighted by molar-refractivity contribution is 0.242. The minimum Gasteiger partial charge on any atom is -0.477 e. The van der Waals surface area contributed by atoms with Crippen LogP contribution in [0.5, 0.6) is 5.88 Å². The summed E-state index contributed by atoms with van der Waals surface area (Å²) in [6.45, 7) is 13.7. The number of pyridine rings is 1. The first kappa shape index (κ1) is 18.0. The Hall–Kier alpha value is -1.09. The van der Waals surface area contributed by atoms with Crippen LogP contribution in [0.15, 0.2) is 12.1 Å². The molecule has 120 valence electrons. The van der Waals surface area contributed by atoms with Gasteiger partial charge >= 0.3 is 0 Å². The van der Waals surface area contributed by atoms with Crippen molar-refractivity contribution < 1.29 is 4.74 Å². The number of nitrogens with zero attached hydrogens (tertiary/aromatic N) is 1. The minimum absolute atomic E-state index is 0.588. The minimum atomic E-state index is 0.588. The van der Waals surface area contributed by atoms with Gasteiger partial charge in [-0.2, -0.15) is 0 Å². The Balaban J connectivity index is 2.61. The molecule has 0 spiro atoms. The molecule has 1 N–H and O–H groups in total. The Morgan fingerprint density at radius 1 is 1.19 bits per heavy atom. The number of aryl methyl sites for hydroxylation is 1. The van der Waals surface area contributed by atoms with E-state index in [2.05, 4.69) is 57.1 Å². The lowest BCUT2D eigenvalue weighted by Crippen LogP contribution is -2.19. The zero-order chi connectivity index (χ0) is 15.7. The first-order chi connectivity index (χ1) is 10.0. The van der Waals surface area contributed by atoms with Crippen LogP contribution in [0.3, 0.4) is 0 Å². The Morgan fingerprint density at radius 3 is 2.57 bits per heavy atom. The molecule has 1 heterocycles. The summed E-state index contributed by atoms with van der Waals surface area (Å²) in [7, 11) is 0. The van der Waals surface area contributed by atoms with Gasteiger partial charge in [-0.15, -0.1) is 0 Å². The largest absolute Gasteiger partial charge is 0.477 e. The second-order valence-electron chi connectivity index (χ2n) is 6.39. The maximum absolute atomic E-state index is 5.89. The molecule has 0 aliphatic carbocycles. The average Bonchev–Trinajstić information content (AvgIpc) is 2.45. The maximum Gasteiger partial charge on any atom is 0.213 e. The van der Waals surface area contributed by atoms with Gasteiger partial charge in [0.25, 0.3) is 0 Å². The van der Waals surface area contributed by atoms with Gasteiger partial charge in [0.15, 0.2) is 0 Å². The molecule has 1 unspecified atom stereocenters. The topological polar surface area (TPSA) is 34.1 Å². The average molecular weight is 292 g/mol. The highest BCUT2D eigenvalue weighted by atomic mass is 16.5. The van der Waals surface area contributed by atoms with Gasteiger partial charge < -0.3 is 10.1 Å². The van der Waals surface area contributed by atoms with E-state index in [9.17, 15) is 0 Å². The molecule has 0 amide bonds. The van der Waals surface area contributed by atoms with E-state index in [1.165, 1.54) is 18.4 Å². The van der Waals surface area contributed by atoms with E-state index in [0.29, 0.717) is 11.8 Å². The van der Waals surface area contributed by atoms with Crippen LogP contribution in [0.25, 0.3) is 0 Å². The quantitative estimate of drug-likeness (QED) is 0.701. The predicted molar refractivity (Wildman–Crippen MR) is 89.7 cm³/mol. The summed E-state index contributed by atoms with van der Waals surface area (Å²) in [5, 5.41) is 3.48.